The number of nitrogens with zero attached hydrogens (tertiary/aromatic N) is 1. The van der Waals surface area contributed by atoms with E-state index in [0.717, 1.165) is 38.5 Å². The summed E-state index contributed by atoms with van der Waals surface area (Å²) in [7, 11) is 0. The first-order chi connectivity index (χ1) is 15.5. The lowest BCUT2D eigenvalue weighted by molar-refractivity contribution is -0.137. The van der Waals surface area contributed by atoms with Gasteiger partial charge in [-0.1, -0.05) is 54.6 Å². The summed E-state index contributed by atoms with van der Waals surface area (Å²) < 4.78 is 41.7. The molecule has 1 unspecified atom stereocenters. The molecule has 2 aromatic heterocycles. The third-order valence-electron chi connectivity index (χ3n) is 5.96. The highest BCUT2D eigenvalue weighted by molar-refractivity contribution is 5.89. The standard InChI is InChI=1S/C27H21F3N2.ClH/c1-2-15-32-17-23(21-8-4-6-10-25(21)32)26(18-11-13-19(14-12-18)27(28,29)30)22-16-31-24-9-5-3-7-20(22)24;/h2-14,16-17,26,31H,1,15H2;1H. The molecule has 6 heteroatoms. The van der Waals surface area contributed by atoms with Gasteiger partial charge in [-0.25, -0.2) is 0 Å². The Balaban J connectivity index is 0.00000259. The zero-order valence-electron chi connectivity index (χ0n) is 17.6. The quantitative estimate of drug-likeness (QED) is 0.254. The Labute approximate surface area is 195 Å². The second-order valence-electron chi connectivity index (χ2n) is 7.89. The number of hydrogen-bond donors (Lipinski definition) is 1. The van der Waals surface area contributed by atoms with Crippen molar-refractivity contribution in [2.45, 2.75) is 18.6 Å². The second-order valence-corrected chi connectivity index (χ2v) is 7.89. The Kier molecular flexibility index (Phi) is 6.09. The van der Waals surface area contributed by atoms with Gasteiger partial charge in [0.25, 0.3) is 0 Å². The minimum Gasteiger partial charge on any atom is -0.361 e. The van der Waals surface area contributed by atoms with E-state index in [-0.39, 0.29) is 18.3 Å². The smallest absolute Gasteiger partial charge is 0.361 e. The van der Waals surface area contributed by atoms with Crippen LogP contribution in [0.1, 0.15) is 28.2 Å². The van der Waals surface area contributed by atoms with Crippen LogP contribution in [0.15, 0.2) is 97.8 Å². The number of fused-ring (bicyclic) bond motifs is 2. The molecule has 0 aliphatic carbocycles. The van der Waals surface area contributed by atoms with Crippen LogP contribution in [-0.2, 0) is 12.7 Å². The number of benzene rings is 3. The number of alkyl halides is 3. The number of aromatic nitrogens is 2. The van der Waals surface area contributed by atoms with Gasteiger partial charge < -0.3 is 9.55 Å². The molecule has 0 spiro atoms. The summed E-state index contributed by atoms with van der Waals surface area (Å²) >= 11 is 0. The summed E-state index contributed by atoms with van der Waals surface area (Å²) in [6.45, 7) is 4.51. The molecule has 1 N–H and O–H groups in total. The average Bonchev–Trinajstić information content (AvgIpc) is 3.37. The maximum absolute atomic E-state index is 13.2. The molecule has 0 fully saturated rings. The van der Waals surface area contributed by atoms with Gasteiger partial charge in [-0.2, -0.15) is 13.2 Å². The van der Waals surface area contributed by atoms with Crippen LogP contribution in [-0.4, -0.2) is 9.55 Å². The van der Waals surface area contributed by atoms with Crippen LogP contribution in [0, 0.1) is 0 Å². The van der Waals surface area contributed by atoms with E-state index in [2.05, 4.69) is 34.5 Å². The van der Waals surface area contributed by atoms with Gasteiger partial charge in [0.05, 0.1) is 5.56 Å². The van der Waals surface area contributed by atoms with E-state index in [1.807, 2.05) is 48.7 Å². The van der Waals surface area contributed by atoms with Crippen LogP contribution in [0.3, 0.4) is 0 Å². The molecule has 0 radical (unpaired) electrons. The molecule has 0 saturated carbocycles. The Morgan fingerprint density at radius 2 is 1.55 bits per heavy atom. The third-order valence-corrected chi connectivity index (χ3v) is 5.96. The zero-order valence-corrected chi connectivity index (χ0v) is 18.5. The molecule has 5 aromatic rings. The maximum atomic E-state index is 13.2. The lowest BCUT2D eigenvalue weighted by atomic mass is 9.84. The van der Waals surface area contributed by atoms with Crippen molar-refractivity contribution in [1.29, 1.82) is 0 Å². The fraction of sp³-hybridized carbons (Fsp3) is 0.111. The van der Waals surface area contributed by atoms with Crippen molar-refractivity contribution in [3.63, 3.8) is 0 Å². The van der Waals surface area contributed by atoms with Crippen LogP contribution in [0.25, 0.3) is 21.8 Å². The zero-order chi connectivity index (χ0) is 22.3. The Bertz CT molecular complexity index is 1410. The fourth-order valence-corrected chi connectivity index (χ4v) is 4.52. The van der Waals surface area contributed by atoms with Gasteiger partial charge in [0, 0.05) is 46.7 Å². The molecule has 0 aliphatic rings. The van der Waals surface area contributed by atoms with Gasteiger partial charge in [-0.3, -0.25) is 0 Å². The third kappa shape index (κ3) is 4.05. The van der Waals surface area contributed by atoms with Crippen molar-refractivity contribution < 1.29 is 13.2 Å². The molecular formula is C27H22ClF3N2. The predicted molar refractivity (Wildman–Crippen MR) is 130 cm³/mol. The van der Waals surface area contributed by atoms with Crippen LogP contribution >= 0.6 is 12.4 Å². The number of nitrogens with one attached hydrogen (secondary N) is 1. The Morgan fingerprint density at radius 3 is 2.24 bits per heavy atom. The highest BCUT2D eigenvalue weighted by Gasteiger charge is 2.31. The van der Waals surface area contributed by atoms with E-state index in [1.54, 1.807) is 12.1 Å². The topological polar surface area (TPSA) is 20.7 Å². The van der Waals surface area contributed by atoms with Gasteiger partial charge >= 0.3 is 6.18 Å². The molecule has 0 aliphatic heterocycles. The summed E-state index contributed by atoms with van der Waals surface area (Å²) in [5.74, 6) is -0.232. The van der Waals surface area contributed by atoms with Crippen molar-refractivity contribution in [2.75, 3.05) is 0 Å². The molecule has 168 valence electrons. The van der Waals surface area contributed by atoms with Gasteiger partial charge in [0.1, 0.15) is 0 Å². The van der Waals surface area contributed by atoms with Crippen LogP contribution in [0.5, 0.6) is 0 Å². The SMILES string of the molecule is C=CCn1cc(C(c2ccc(C(F)(F)F)cc2)c2c[nH]c3ccccc23)c2ccccc21.Cl. The van der Waals surface area contributed by atoms with Crippen molar-refractivity contribution in [3.8, 4) is 0 Å². The highest BCUT2D eigenvalue weighted by atomic mass is 35.5. The summed E-state index contributed by atoms with van der Waals surface area (Å²) in [6.07, 6.45) is 1.53. The van der Waals surface area contributed by atoms with Gasteiger partial charge in [0.2, 0.25) is 0 Å². The number of H-pyrrole nitrogens is 1. The second kappa shape index (κ2) is 8.83. The van der Waals surface area contributed by atoms with Crippen LogP contribution < -0.4 is 0 Å². The summed E-state index contributed by atoms with van der Waals surface area (Å²) in [5, 5.41) is 2.13. The van der Waals surface area contributed by atoms with Gasteiger partial charge in [0.15, 0.2) is 0 Å². The maximum Gasteiger partial charge on any atom is 0.416 e. The first-order valence-electron chi connectivity index (χ1n) is 10.4. The van der Waals surface area contributed by atoms with E-state index in [0.29, 0.717) is 6.54 Å². The summed E-state index contributed by atoms with van der Waals surface area (Å²) in [5.41, 5.74) is 4.31. The molecule has 5 rings (SSSR count). The summed E-state index contributed by atoms with van der Waals surface area (Å²) in [6, 6.07) is 21.6. The molecule has 33 heavy (non-hydrogen) atoms. The number of hydrogen-bond acceptors (Lipinski definition) is 0. The number of halogens is 4. The van der Waals surface area contributed by atoms with Crippen LogP contribution in [0.2, 0.25) is 0 Å². The Morgan fingerprint density at radius 1 is 0.879 bits per heavy atom. The minimum atomic E-state index is -4.37. The normalized spacial score (nSPS) is 12.6. The molecule has 3 aromatic carbocycles. The molecule has 1 atom stereocenters. The van der Waals surface area contributed by atoms with Crippen molar-refractivity contribution in [3.05, 3.63) is 120 Å². The molecule has 0 saturated heterocycles. The monoisotopic (exact) mass is 466 g/mol. The van der Waals surface area contributed by atoms with E-state index in [1.165, 1.54) is 12.1 Å². The minimum absolute atomic E-state index is 0. The predicted octanol–water partition coefficient (Wildman–Crippen LogP) is 7.93. The van der Waals surface area contributed by atoms with Crippen molar-refractivity contribution in [1.82, 2.24) is 9.55 Å². The van der Waals surface area contributed by atoms with Crippen molar-refractivity contribution in [2.24, 2.45) is 0 Å². The number of rotatable bonds is 5. The lowest BCUT2D eigenvalue weighted by Gasteiger charge is -2.18. The first kappa shape index (κ1) is 22.7. The van der Waals surface area contributed by atoms with E-state index < -0.39 is 11.7 Å². The molecule has 0 amide bonds. The van der Waals surface area contributed by atoms with E-state index >= 15 is 0 Å². The number of allylic oxidation sites excluding steroid dienone is 1. The Hall–Kier alpha value is -3.44. The van der Waals surface area contributed by atoms with Gasteiger partial charge in [-0.15, -0.1) is 19.0 Å². The average molecular weight is 467 g/mol. The molecule has 2 heterocycles. The van der Waals surface area contributed by atoms with Crippen molar-refractivity contribution >= 4 is 34.2 Å². The van der Waals surface area contributed by atoms with Crippen LogP contribution in [0.4, 0.5) is 13.2 Å². The first-order valence-corrected chi connectivity index (χ1v) is 10.4. The molecule has 2 nitrogen and oxygen atoms in total. The lowest BCUT2D eigenvalue weighted by Crippen LogP contribution is -2.07. The number of para-hydroxylation sites is 2. The van der Waals surface area contributed by atoms with E-state index in [9.17, 15) is 13.2 Å². The van der Waals surface area contributed by atoms with E-state index in [4.69, 9.17) is 0 Å². The largest absolute Gasteiger partial charge is 0.416 e. The number of aromatic amines is 1. The molecule has 0 bridgehead atoms. The van der Waals surface area contributed by atoms with Gasteiger partial charge in [-0.05, 0) is 41.0 Å². The fourth-order valence-electron chi connectivity index (χ4n) is 4.52. The summed E-state index contributed by atoms with van der Waals surface area (Å²) in [4.78, 5) is 3.32. The highest BCUT2D eigenvalue weighted by Crippen LogP contribution is 2.41. The molecular weight excluding hydrogens is 445 g/mol.